The number of rotatable bonds is 29. The Morgan fingerprint density at radius 3 is 1.32 bits per heavy atom. The van der Waals surface area contributed by atoms with Crippen LogP contribution in [-0.4, -0.2) is 77.6 Å². The van der Waals surface area contributed by atoms with Gasteiger partial charge < -0.3 is 28.4 Å². The normalized spacial score (nSPS) is 11.2. The average molecular weight is 542 g/mol. The predicted octanol–water partition coefficient (Wildman–Crippen LogP) is 6.37. The molecular formula is C29H51NO8. The molecular weight excluding hydrogens is 490 g/mol. The van der Waals surface area contributed by atoms with Gasteiger partial charge in [0.1, 0.15) is 12.4 Å². The molecule has 0 aliphatic heterocycles. The summed E-state index contributed by atoms with van der Waals surface area (Å²) in [7, 11) is 0. The van der Waals surface area contributed by atoms with Crippen molar-refractivity contribution in [1.82, 2.24) is 0 Å². The summed E-state index contributed by atoms with van der Waals surface area (Å²) in [6.07, 6.45) is 14.8. The lowest BCUT2D eigenvalue weighted by atomic mass is 10.1. The molecule has 0 spiro atoms. The molecule has 9 nitrogen and oxygen atoms in total. The number of nitro benzene ring substituents is 1. The summed E-state index contributed by atoms with van der Waals surface area (Å²) < 4.78 is 33.0. The van der Waals surface area contributed by atoms with Crippen molar-refractivity contribution in [3.8, 4) is 5.75 Å². The van der Waals surface area contributed by atoms with Crippen molar-refractivity contribution in [2.75, 3.05) is 72.7 Å². The highest BCUT2D eigenvalue weighted by molar-refractivity contribution is 5.35. The SMILES string of the molecule is CCCCCCCCCCCCCOCCOCCOCCOCCOCCOc1ccc([N+](=O)[O-])cc1. The number of unbranched alkanes of at least 4 members (excludes halogenated alkanes) is 10. The van der Waals surface area contributed by atoms with E-state index in [9.17, 15) is 10.1 Å². The monoisotopic (exact) mass is 541 g/mol. The Balaban J connectivity index is 1.68. The van der Waals surface area contributed by atoms with Gasteiger partial charge in [0, 0.05) is 18.7 Å². The number of benzene rings is 1. The predicted molar refractivity (Wildman–Crippen MR) is 149 cm³/mol. The van der Waals surface area contributed by atoms with Gasteiger partial charge in [-0.15, -0.1) is 0 Å². The zero-order valence-corrected chi connectivity index (χ0v) is 23.6. The van der Waals surface area contributed by atoms with Crippen LogP contribution in [0.2, 0.25) is 0 Å². The van der Waals surface area contributed by atoms with Gasteiger partial charge in [-0.05, 0) is 18.6 Å². The molecule has 1 rings (SSSR count). The van der Waals surface area contributed by atoms with E-state index in [0.29, 0.717) is 71.8 Å². The van der Waals surface area contributed by atoms with Gasteiger partial charge >= 0.3 is 0 Å². The molecule has 0 saturated heterocycles. The maximum Gasteiger partial charge on any atom is 0.269 e. The number of ether oxygens (including phenoxy) is 6. The highest BCUT2D eigenvalue weighted by atomic mass is 16.6. The zero-order chi connectivity index (χ0) is 27.4. The first kappa shape index (κ1) is 34.2. The second-order valence-corrected chi connectivity index (χ2v) is 9.20. The summed E-state index contributed by atoms with van der Waals surface area (Å²) in [6.45, 7) is 8.17. The molecule has 0 amide bonds. The number of nitrogens with zero attached hydrogens (tertiary/aromatic N) is 1. The lowest BCUT2D eigenvalue weighted by Gasteiger charge is -2.09. The smallest absolute Gasteiger partial charge is 0.269 e. The number of nitro groups is 1. The first-order valence-electron chi connectivity index (χ1n) is 14.5. The fourth-order valence-corrected chi connectivity index (χ4v) is 3.73. The molecule has 0 atom stereocenters. The van der Waals surface area contributed by atoms with Crippen LogP contribution in [0.5, 0.6) is 5.75 Å². The van der Waals surface area contributed by atoms with Crippen molar-refractivity contribution < 1.29 is 33.3 Å². The van der Waals surface area contributed by atoms with E-state index in [0.717, 1.165) is 13.0 Å². The van der Waals surface area contributed by atoms with Crippen LogP contribution >= 0.6 is 0 Å². The molecule has 0 heterocycles. The van der Waals surface area contributed by atoms with Gasteiger partial charge in [-0.2, -0.15) is 0 Å². The third-order valence-electron chi connectivity index (χ3n) is 5.92. The molecule has 1 aromatic carbocycles. The van der Waals surface area contributed by atoms with Crippen LogP contribution in [0.3, 0.4) is 0 Å². The summed E-state index contributed by atoms with van der Waals surface area (Å²) >= 11 is 0. The van der Waals surface area contributed by atoms with E-state index in [-0.39, 0.29) is 5.69 Å². The summed E-state index contributed by atoms with van der Waals surface area (Å²) in [4.78, 5) is 10.2. The summed E-state index contributed by atoms with van der Waals surface area (Å²) in [5, 5.41) is 10.6. The first-order chi connectivity index (χ1) is 18.7. The van der Waals surface area contributed by atoms with Gasteiger partial charge in [0.15, 0.2) is 0 Å². The maximum absolute atomic E-state index is 10.6. The van der Waals surface area contributed by atoms with Crippen molar-refractivity contribution in [2.24, 2.45) is 0 Å². The van der Waals surface area contributed by atoms with Gasteiger partial charge in [-0.25, -0.2) is 0 Å². The Kier molecular flexibility index (Phi) is 24.2. The third kappa shape index (κ3) is 22.2. The van der Waals surface area contributed by atoms with Crippen LogP contribution in [0, 0.1) is 10.1 Å². The third-order valence-corrected chi connectivity index (χ3v) is 5.92. The topological polar surface area (TPSA) is 98.5 Å². The van der Waals surface area contributed by atoms with E-state index in [1.165, 1.54) is 76.3 Å². The number of non-ortho nitro benzene ring substituents is 1. The molecule has 0 aliphatic carbocycles. The lowest BCUT2D eigenvalue weighted by Crippen LogP contribution is -2.14. The standard InChI is InChI=1S/C29H51NO8/c1-2-3-4-5-6-7-8-9-10-11-12-17-33-18-19-34-20-21-35-22-23-36-24-25-37-26-27-38-29-15-13-28(14-16-29)30(31)32/h13-16H,2-12,17-27H2,1H3. The van der Waals surface area contributed by atoms with E-state index >= 15 is 0 Å². The average Bonchev–Trinajstić information content (AvgIpc) is 2.93. The minimum absolute atomic E-state index is 0.0390. The molecule has 0 aliphatic rings. The Morgan fingerprint density at radius 2 is 0.895 bits per heavy atom. The maximum atomic E-state index is 10.6. The minimum atomic E-state index is -0.441. The summed E-state index contributed by atoms with van der Waals surface area (Å²) in [6, 6.07) is 5.96. The Hall–Kier alpha value is -1.78. The molecule has 220 valence electrons. The number of hydrogen-bond donors (Lipinski definition) is 0. The second-order valence-electron chi connectivity index (χ2n) is 9.20. The molecule has 0 N–H and O–H groups in total. The van der Waals surface area contributed by atoms with Crippen LogP contribution in [0.15, 0.2) is 24.3 Å². The van der Waals surface area contributed by atoms with Crippen LogP contribution in [0.4, 0.5) is 5.69 Å². The van der Waals surface area contributed by atoms with Crippen LogP contribution in [0.25, 0.3) is 0 Å². The Bertz CT molecular complexity index is 644. The molecule has 9 heteroatoms. The molecule has 0 unspecified atom stereocenters. The van der Waals surface area contributed by atoms with E-state index in [1.54, 1.807) is 12.1 Å². The first-order valence-corrected chi connectivity index (χ1v) is 14.5. The van der Waals surface area contributed by atoms with E-state index in [4.69, 9.17) is 28.4 Å². The van der Waals surface area contributed by atoms with E-state index in [2.05, 4.69) is 6.92 Å². The van der Waals surface area contributed by atoms with Crippen molar-refractivity contribution in [2.45, 2.75) is 77.6 Å². The van der Waals surface area contributed by atoms with Crippen molar-refractivity contribution in [1.29, 1.82) is 0 Å². The van der Waals surface area contributed by atoms with Crippen LogP contribution in [0.1, 0.15) is 77.6 Å². The Morgan fingerprint density at radius 1 is 0.526 bits per heavy atom. The van der Waals surface area contributed by atoms with Crippen molar-refractivity contribution in [3.63, 3.8) is 0 Å². The van der Waals surface area contributed by atoms with Gasteiger partial charge in [0.25, 0.3) is 5.69 Å². The van der Waals surface area contributed by atoms with Gasteiger partial charge in [0.05, 0.1) is 64.4 Å². The van der Waals surface area contributed by atoms with Crippen molar-refractivity contribution >= 4 is 5.69 Å². The number of hydrogen-bond acceptors (Lipinski definition) is 8. The quantitative estimate of drug-likeness (QED) is 0.0656. The molecule has 38 heavy (non-hydrogen) atoms. The minimum Gasteiger partial charge on any atom is -0.491 e. The van der Waals surface area contributed by atoms with Gasteiger partial charge in [0.2, 0.25) is 0 Å². The lowest BCUT2D eigenvalue weighted by molar-refractivity contribution is -0.384. The highest BCUT2D eigenvalue weighted by Gasteiger charge is 2.04. The summed E-state index contributed by atoms with van der Waals surface area (Å²) in [5.41, 5.74) is 0.0390. The molecule has 0 radical (unpaired) electrons. The van der Waals surface area contributed by atoms with E-state index in [1.807, 2.05) is 0 Å². The molecule has 0 saturated carbocycles. The zero-order valence-electron chi connectivity index (χ0n) is 23.6. The second kappa shape index (κ2) is 26.8. The van der Waals surface area contributed by atoms with Gasteiger partial charge in [-0.1, -0.05) is 71.1 Å². The van der Waals surface area contributed by atoms with Gasteiger partial charge in [-0.3, -0.25) is 10.1 Å². The highest BCUT2D eigenvalue weighted by Crippen LogP contribution is 2.17. The molecule has 1 aromatic rings. The molecule has 0 bridgehead atoms. The molecule has 0 fully saturated rings. The Labute approximate surface area is 229 Å². The molecule has 0 aromatic heterocycles. The fraction of sp³-hybridized carbons (Fsp3) is 0.793. The fourth-order valence-electron chi connectivity index (χ4n) is 3.73. The summed E-state index contributed by atoms with van der Waals surface area (Å²) in [5.74, 6) is 0.573. The van der Waals surface area contributed by atoms with Crippen molar-refractivity contribution in [3.05, 3.63) is 34.4 Å². The largest absolute Gasteiger partial charge is 0.491 e. The van der Waals surface area contributed by atoms with Crippen LogP contribution in [-0.2, 0) is 23.7 Å². The van der Waals surface area contributed by atoms with Crippen LogP contribution < -0.4 is 4.74 Å². The van der Waals surface area contributed by atoms with E-state index < -0.39 is 4.92 Å².